The smallest absolute Gasteiger partial charge is 0.191 e. The fourth-order valence-corrected chi connectivity index (χ4v) is 2.13. The highest BCUT2D eigenvalue weighted by molar-refractivity contribution is 5.78. The summed E-state index contributed by atoms with van der Waals surface area (Å²) in [7, 11) is 0. The van der Waals surface area contributed by atoms with E-state index in [-0.39, 0.29) is 0 Å². The Labute approximate surface area is 120 Å². The predicted octanol–water partition coefficient (Wildman–Crippen LogP) is 2.00. The lowest BCUT2D eigenvalue weighted by Gasteiger charge is -2.19. The van der Waals surface area contributed by atoms with Crippen LogP contribution >= 0.6 is 0 Å². The molecule has 0 bridgehead atoms. The maximum absolute atomic E-state index is 5.97. The van der Waals surface area contributed by atoms with Gasteiger partial charge in [-0.15, -0.1) is 0 Å². The molecule has 0 aliphatic carbocycles. The second-order valence-corrected chi connectivity index (χ2v) is 4.68. The molecular weight excluding hydrogens is 254 g/mol. The number of benzene rings is 1. The topological polar surface area (TPSA) is 60.1 Å². The first kappa shape index (κ1) is 14.5. The third-order valence-electron chi connectivity index (χ3n) is 3.32. The third-order valence-corrected chi connectivity index (χ3v) is 3.32. The van der Waals surface area contributed by atoms with Gasteiger partial charge in [-0.2, -0.15) is 0 Å². The van der Waals surface area contributed by atoms with Gasteiger partial charge in [0.05, 0.1) is 19.8 Å². The summed E-state index contributed by atoms with van der Waals surface area (Å²) in [6.45, 7) is 7.83. The third kappa shape index (κ3) is 3.56. The van der Waals surface area contributed by atoms with Gasteiger partial charge >= 0.3 is 0 Å². The molecule has 0 saturated heterocycles. The van der Waals surface area contributed by atoms with Crippen LogP contribution in [-0.2, 0) is 6.54 Å². The van der Waals surface area contributed by atoms with Crippen molar-refractivity contribution in [3.63, 3.8) is 0 Å². The first-order valence-electron chi connectivity index (χ1n) is 7.18. The molecule has 1 aromatic carbocycles. The Kier molecular flexibility index (Phi) is 5.09. The van der Waals surface area contributed by atoms with Crippen LogP contribution < -0.4 is 15.2 Å². The largest absolute Gasteiger partial charge is 0.490 e. The van der Waals surface area contributed by atoms with Crippen LogP contribution in [0.1, 0.15) is 25.8 Å². The zero-order valence-corrected chi connectivity index (χ0v) is 12.3. The lowest BCUT2D eigenvalue weighted by Crippen LogP contribution is -2.37. The molecule has 20 heavy (non-hydrogen) atoms. The van der Waals surface area contributed by atoms with Crippen LogP contribution in [-0.4, -0.2) is 37.2 Å². The summed E-state index contributed by atoms with van der Waals surface area (Å²) in [5, 5.41) is 0. The lowest BCUT2D eigenvalue weighted by molar-refractivity contribution is 0.297. The Morgan fingerprint density at radius 2 is 1.90 bits per heavy atom. The standard InChI is InChI=1S/C15H23N3O2/c1-3-18(4-2)15(16)17-11-12-6-7-13-14(10-12)20-9-5-8-19-13/h6-7,10H,3-5,8-9,11H2,1-2H3,(H2,16,17). The molecule has 0 radical (unpaired) electrons. The Morgan fingerprint density at radius 3 is 2.60 bits per heavy atom. The average Bonchev–Trinajstić information content (AvgIpc) is 2.71. The van der Waals surface area contributed by atoms with Crippen LogP contribution in [0.15, 0.2) is 23.2 Å². The van der Waals surface area contributed by atoms with Crippen LogP contribution in [0.25, 0.3) is 0 Å². The van der Waals surface area contributed by atoms with Crippen molar-refractivity contribution in [1.29, 1.82) is 0 Å². The van der Waals surface area contributed by atoms with Gasteiger partial charge in [0.1, 0.15) is 0 Å². The number of rotatable bonds is 4. The summed E-state index contributed by atoms with van der Waals surface area (Å²) in [4.78, 5) is 6.46. The lowest BCUT2D eigenvalue weighted by atomic mass is 10.2. The molecule has 1 aliphatic heterocycles. The zero-order chi connectivity index (χ0) is 14.4. The molecule has 1 aliphatic rings. The number of fused-ring (bicyclic) bond motifs is 1. The van der Waals surface area contributed by atoms with Crippen molar-refractivity contribution in [3.8, 4) is 11.5 Å². The molecule has 110 valence electrons. The van der Waals surface area contributed by atoms with Gasteiger partial charge in [0.2, 0.25) is 0 Å². The quantitative estimate of drug-likeness (QED) is 0.675. The van der Waals surface area contributed by atoms with E-state index in [4.69, 9.17) is 15.2 Å². The Balaban J connectivity index is 2.07. The summed E-state index contributed by atoms with van der Waals surface area (Å²) in [5.41, 5.74) is 7.04. The van der Waals surface area contributed by atoms with Gasteiger partial charge in [-0.25, -0.2) is 4.99 Å². The molecule has 2 rings (SSSR count). The van der Waals surface area contributed by atoms with Gasteiger partial charge in [-0.3, -0.25) is 0 Å². The highest BCUT2D eigenvalue weighted by atomic mass is 16.5. The van der Waals surface area contributed by atoms with Crippen LogP contribution in [0.5, 0.6) is 11.5 Å². The van der Waals surface area contributed by atoms with E-state index in [1.165, 1.54) is 0 Å². The number of hydrogen-bond acceptors (Lipinski definition) is 3. The molecule has 0 spiro atoms. The normalized spacial score (nSPS) is 14.8. The first-order valence-corrected chi connectivity index (χ1v) is 7.18. The SMILES string of the molecule is CCN(CC)C(N)=NCc1ccc2c(c1)OCCCO2. The summed E-state index contributed by atoms with van der Waals surface area (Å²) >= 11 is 0. The maximum atomic E-state index is 5.97. The summed E-state index contributed by atoms with van der Waals surface area (Å²) in [6, 6.07) is 5.94. The van der Waals surface area contributed by atoms with Crippen molar-refractivity contribution in [1.82, 2.24) is 4.90 Å². The summed E-state index contributed by atoms with van der Waals surface area (Å²) in [5.74, 6) is 2.20. The van der Waals surface area contributed by atoms with Gasteiger partial charge in [-0.05, 0) is 31.5 Å². The van der Waals surface area contributed by atoms with Gasteiger partial charge in [-0.1, -0.05) is 6.07 Å². The number of guanidine groups is 1. The molecule has 0 atom stereocenters. The molecule has 5 heteroatoms. The Hall–Kier alpha value is -1.91. The maximum Gasteiger partial charge on any atom is 0.191 e. The van der Waals surface area contributed by atoms with Crippen molar-refractivity contribution < 1.29 is 9.47 Å². The molecule has 0 fully saturated rings. The van der Waals surface area contributed by atoms with Gasteiger partial charge in [0.15, 0.2) is 17.5 Å². The molecule has 0 amide bonds. The van der Waals surface area contributed by atoms with Crippen molar-refractivity contribution >= 4 is 5.96 Å². The second-order valence-electron chi connectivity index (χ2n) is 4.68. The molecule has 1 aromatic rings. The van der Waals surface area contributed by atoms with E-state index in [2.05, 4.69) is 18.8 Å². The van der Waals surface area contributed by atoms with Crippen molar-refractivity contribution in [2.24, 2.45) is 10.7 Å². The average molecular weight is 277 g/mol. The summed E-state index contributed by atoms with van der Waals surface area (Å²) in [6.07, 6.45) is 0.914. The number of ether oxygens (including phenoxy) is 2. The molecular formula is C15H23N3O2. The van der Waals surface area contributed by atoms with Crippen LogP contribution in [0.2, 0.25) is 0 Å². The fraction of sp³-hybridized carbons (Fsp3) is 0.533. The number of hydrogen-bond donors (Lipinski definition) is 1. The van der Waals surface area contributed by atoms with Crippen LogP contribution in [0.4, 0.5) is 0 Å². The molecule has 0 unspecified atom stereocenters. The minimum Gasteiger partial charge on any atom is -0.490 e. The summed E-state index contributed by atoms with van der Waals surface area (Å²) < 4.78 is 11.3. The van der Waals surface area contributed by atoms with E-state index in [1.807, 2.05) is 23.1 Å². The predicted molar refractivity (Wildman–Crippen MR) is 80.3 cm³/mol. The number of aliphatic imine (C=N–C) groups is 1. The van der Waals surface area contributed by atoms with Gasteiger partial charge in [0.25, 0.3) is 0 Å². The van der Waals surface area contributed by atoms with E-state index < -0.39 is 0 Å². The number of nitrogens with zero attached hydrogens (tertiary/aromatic N) is 2. The number of nitrogens with two attached hydrogens (primary N) is 1. The van der Waals surface area contributed by atoms with Gasteiger partial charge < -0.3 is 20.1 Å². The molecule has 0 aromatic heterocycles. The van der Waals surface area contributed by atoms with Crippen molar-refractivity contribution in [2.75, 3.05) is 26.3 Å². The van der Waals surface area contributed by atoms with Crippen molar-refractivity contribution in [3.05, 3.63) is 23.8 Å². The molecule has 2 N–H and O–H groups in total. The molecule has 0 saturated carbocycles. The molecule has 1 heterocycles. The monoisotopic (exact) mass is 277 g/mol. The first-order chi connectivity index (χ1) is 9.74. The van der Waals surface area contributed by atoms with E-state index in [0.29, 0.717) is 25.7 Å². The van der Waals surface area contributed by atoms with E-state index in [0.717, 1.165) is 36.6 Å². The van der Waals surface area contributed by atoms with E-state index in [1.54, 1.807) is 0 Å². The van der Waals surface area contributed by atoms with Crippen LogP contribution in [0.3, 0.4) is 0 Å². The van der Waals surface area contributed by atoms with E-state index in [9.17, 15) is 0 Å². The van der Waals surface area contributed by atoms with Gasteiger partial charge in [0, 0.05) is 19.5 Å². The van der Waals surface area contributed by atoms with Crippen molar-refractivity contribution in [2.45, 2.75) is 26.8 Å². The minimum atomic E-state index is 0.555. The minimum absolute atomic E-state index is 0.555. The molecule has 5 nitrogen and oxygen atoms in total. The van der Waals surface area contributed by atoms with Crippen LogP contribution in [0, 0.1) is 0 Å². The second kappa shape index (κ2) is 7.03. The Bertz CT molecular complexity index is 470. The highest BCUT2D eigenvalue weighted by Gasteiger charge is 2.10. The zero-order valence-electron chi connectivity index (χ0n) is 12.3. The Morgan fingerprint density at radius 1 is 1.20 bits per heavy atom. The highest BCUT2D eigenvalue weighted by Crippen LogP contribution is 2.30. The van der Waals surface area contributed by atoms with E-state index >= 15 is 0 Å². The fourth-order valence-electron chi connectivity index (χ4n) is 2.13.